The first-order chi connectivity index (χ1) is 10.1. The molecule has 2 aromatic rings. The van der Waals surface area contributed by atoms with E-state index in [2.05, 4.69) is 5.32 Å². The average molecular weight is 284 g/mol. The van der Waals surface area contributed by atoms with E-state index in [1.807, 2.05) is 31.2 Å². The lowest BCUT2D eigenvalue weighted by atomic mass is 10.1. The van der Waals surface area contributed by atoms with E-state index in [1.165, 1.54) is 5.56 Å². The van der Waals surface area contributed by atoms with Crippen molar-refractivity contribution in [3.05, 3.63) is 47.5 Å². The summed E-state index contributed by atoms with van der Waals surface area (Å²) >= 11 is 0. The molecule has 0 aliphatic carbocycles. The minimum Gasteiger partial charge on any atom is -0.454 e. The van der Waals surface area contributed by atoms with Gasteiger partial charge in [0.1, 0.15) is 0 Å². The van der Waals surface area contributed by atoms with Crippen LogP contribution in [-0.4, -0.2) is 12.7 Å². The van der Waals surface area contributed by atoms with Crippen molar-refractivity contribution in [1.29, 1.82) is 0 Å². The normalized spacial score (nSPS) is 12.2. The van der Waals surface area contributed by atoms with Crippen LogP contribution in [0.5, 0.6) is 11.5 Å². The number of amides is 1. The largest absolute Gasteiger partial charge is 0.454 e. The lowest BCUT2D eigenvalue weighted by Crippen LogP contribution is -2.15. The summed E-state index contributed by atoms with van der Waals surface area (Å²) in [6.07, 6.45) is 0.300. The van der Waals surface area contributed by atoms with Crippen molar-refractivity contribution in [1.82, 2.24) is 0 Å². The Balaban J connectivity index is 1.71. The van der Waals surface area contributed by atoms with Crippen molar-refractivity contribution < 1.29 is 14.3 Å². The molecule has 2 aromatic carbocycles. The van der Waals surface area contributed by atoms with Crippen molar-refractivity contribution in [2.45, 2.75) is 13.3 Å². The Kier molecular flexibility index (Phi) is 3.39. The molecule has 21 heavy (non-hydrogen) atoms. The smallest absolute Gasteiger partial charge is 0.231 e. The third-order valence-corrected chi connectivity index (χ3v) is 3.30. The van der Waals surface area contributed by atoms with Crippen LogP contribution in [0.2, 0.25) is 0 Å². The summed E-state index contributed by atoms with van der Waals surface area (Å²) in [4.78, 5) is 12.1. The molecule has 0 saturated heterocycles. The highest BCUT2D eigenvalue weighted by atomic mass is 16.7. The molecule has 1 aliphatic heterocycles. The Morgan fingerprint density at radius 3 is 2.57 bits per heavy atom. The summed E-state index contributed by atoms with van der Waals surface area (Å²) in [5, 5.41) is 2.80. The molecule has 0 saturated carbocycles. The van der Waals surface area contributed by atoms with E-state index in [-0.39, 0.29) is 12.7 Å². The number of carbonyl (C=O) groups is 1. The van der Waals surface area contributed by atoms with Gasteiger partial charge in [-0.1, -0.05) is 29.8 Å². The van der Waals surface area contributed by atoms with E-state index in [0.29, 0.717) is 29.3 Å². The molecule has 0 aromatic heterocycles. The number of benzene rings is 2. The summed E-state index contributed by atoms with van der Waals surface area (Å²) in [6, 6.07) is 11.2. The van der Waals surface area contributed by atoms with Crippen LogP contribution in [0.4, 0.5) is 11.4 Å². The van der Waals surface area contributed by atoms with E-state index in [0.717, 1.165) is 5.56 Å². The Morgan fingerprint density at radius 1 is 1.19 bits per heavy atom. The molecule has 0 spiro atoms. The van der Waals surface area contributed by atoms with Crippen molar-refractivity contribution in [2.75, 3.05) is 17.8 Å². The Morgan fingerprint density at radius 2 is 1.86 bits per heavy atom. The Bertz CT molecular complexity index is 681. The minimum atomic E-state index is -0.121. The van der Waals surface area contributed by atoms with Crippen LogP contribution in [0.3, 0.4) is 0 Å². The Hall–Kier alpha value is -2.69. The van der Waals surface area contributed by atoms with Gasteiger partial charge in [0.25, 0.3) is 0 Å². The number of hydrogen-bond acceptors (Lipinski definition) is 4. The van der Waals surface area contributed by atoms with E-state index in [9.17, 15) is 4.79 Å². The summed E-state index contributed by atoms with van der Waals surface area (Å²) in [6.45, 7) is 2.19. The predicted molar refractivity (Wildman–Crippen MR) is 80.5 cm³/mol. The van der Waals surface area contributed by atoms with Gasteiger partial charge in [-0.05, 0) is 12.5 Å². The topological polar surface area (TPSA) is 73.6 Å². The summed E-state index contributed by atoms with van der Waals surface area (Å²) in [7, 11) is 0. The molecule has 5 heteroatoms. The average Bonchev–Trinajstić information content (AvgIpc) is 2.89. The van der Waals surface area contributed by atoms with Crippen molar-refractivity contribution in [3.8, 4) is 11.5 Å². The number of nitrogens with one attached hydrogen (secondary N) is 1. The van der Waals surface area contributed by atoms with Crippen LogP contribution < -0.4 is 20.5 Å². The first-order valence-corrected chi connectivity index (χ1v) is 6.66. The van der Waals surface area contributed by atoms with Gasteiger partial charge in [0.05, 0.1) is 17.8 Å². The molecule has 0 fully saturated rings. The highest BCUT2D eigenvalue weighted by Crippen LogP contribution is 2.38. The van der Waals surface area contributed by atoms with E-state index < -0.39 is 0 Å². The predicted octanol–water partition coefficient (Wildman–Crippen LogP) is 2.49. The van der Waals surface area contributed by atoms with Gasteiger partial charge in [0.15, 0.2) is 11.5 Å². The zero-order chi connectivity index (χ0) is 14.8. The number of ether oxygens (including phenoxy) is 2. The van der Waals surface area contributed by atoms with Crippen LogP contribution in [0.1, 0.15) is 11.1 Å². The number of anilines is 2. The SMILES string of the molecule is Cc1ccc(CC(=O)Nc2cc3c(cc2N)OCO3)cc1. The fraction of sp³-hybridized carbons (Fsp3) is 0.188. The number of hydrogen-bond donors (Lipinski definition) is 2. The van der Waals surface area contributed by atoms with E-state index >= 15 is 0 Å². The third kappa shape index (κ3) is 2.91. The lowest BCUT2D eigenvalue weighted by molar-refractivity contribution is -0.115. The summed E-state index contributed by atoms with van der Waals surface area (Å²) in [5.74, 6) is 1.07. The number of rotatable bonds is 3. The fourth-order valence-corrected chi connectivity index (χ4v) is 2.15. The second-order valence-electron chi connectivity index (χ2n) is 5.00. The first kappa shape index (κ1) is 13.3. The van der Waals surface area contributed by atoms with Crippen molar-refractivity contribution in [3.63, 3.8) is 0 Å². The maximum atomic E-state index is 12.1. The molecule has 1 heterocycles. The maximum absolute atomic E-state index is 12.1. The second kappa shape index (κ2) is 5.36. The molecule has 0 radical (unpaired) electrons. The molecule has 3 rings (SSSR count). The molecule has 0 atom stereocenters. The van der Waals surface area contributed by atoms with Crippen LogP contribution in [0, 0.1) is 6.92 Å². The number of aryl methyl sites for hydroxylation is 1. The van der Waals surface area contributed by atoms with Crippen LogP contribution in [0.15, 0.2) is 36.4 Å². The molecule has 0 bridgehead atoms. The van der Waals surface area contributed by atoms with Gasteiger partial charge in [0.2, 0.25) is 12.7 Å². The Labute approximate surface area is 122 Å². The molecule has 1 amide bonds. The van der Waals surface area contributed by atoms with Gasteiger partial charge in [-0.3, -0.25) is 4.79 Å². The monoisotopic (exact) mass is 284 g/mol. The van der Waals surface area contributed by atoms with Crippen LogP contribution >= 0.6 is 0 Å². The first-order valence-electron chi connectivity index (χ1n) is 6.66. The van der Waals surface area contributed by atoms with Gasteiger partial charge in [-0.15, -0.1) is 0 Å². The van der Waals surface area contributed by atoms with Gasteiger partial charge in [-0.25, -0.2) is 0 Å². The van der Waals surface area contributed by atoms with Gasteiger partial charge in [0, 0.05) is 12.1 Å². The quantitative estimate of drug-likeness (QED) is 0.849. The zero-order valence-corrected chi connectivity index (χ0v) is 11.7. The van der Waals surface area contributed by atoms with Crippen molar-refractivity contribution >= 4 is 17.3 Å². The number of nitrogens with two attached hydrogens (primary N) is 1. The highest BCUT2D eigenvalue weighted by molar-refractivity contribution is 5.95. The number of fused-ring (bicyclic) bond motifs is 1. The molecular weight excluding hydrogens is 268 g/mol. The van der Waals surface area contributed by atoms with E-state index in [1.54, 1.807) is 12.1 Å². The lowest BCUT2D eigenvalue weighted by Gasteiger charge is -2.09. The number of carbonyl (C=O) groups excluding carboxylic acids is 1. The van der Waals surface area contributed by atoms with Crippen LogP contribution in [-0.2, 0) is 11.2 Å². The minimum absolute atomic E-state index is 0.121. The molecule has 5 nitrogen and oxygen atoms in total. The standard InChI is InChI=1S/C16H16N2O3/c1-10-2-4-11(5-3-10)6-16(19)18-13-8-15-14(7-12(13)17)20-9-21-15/h2-5,7-8H,6,9,17H2,1H3,(H,18,19). The third-order valence-electron chi connectivity index (χ3n) is 3.30. The summed E-state index contributed by atoms with van der Waals surface area (Å²) < 4.78 is 10.5. The maximum Gasteiger partial charge on any atom is 0.231 e. The fourth-order valence-electron chi connectivity index (χ4n) is 2.15. The second-order valence-corrected chi connectivity index (χ2v) is 5.00. The zero-order valence-electron chi connectivity index (χ0n) is 11.7. The van der Waals surface area contributed by atoms with E-state index in [4.69, 9.17) is 15.2 Å². The number of nitrogen functional groups attached to an aromatic ring is 1. The molecular formula is C16H16N2O3. The summed E-state index contributed by atoms with van der Waals surface area (Å²) in [5.41, 5.74) is 9.02. The molecule has 108 valence electrons. The van der Waals surface area contributed by atoms with Gasteiger partial charge < -0.3 is 20.5 Å². The van der Waals surface area contributed by atoms with Crippen LogP contribution in [0.25, 0.3) is 0 Å². The van der Waals surface area contributed by atoms with Crippen molar-refractivity contribution in [2.24, 2.45) is 0 Å². The molecule has 0 unspecified atom stereocenters. The van der Waals surface area contributed by atoms with Gasteiger partial charge in [-0.2, -0.15) is 0 Å². The molecule has 3 N–H and O–H groups in total. The molecule has 1 aliphatic rings. The highest BCUT2D eigenvalue weighted by Gasteiger charge is 2.17. The van der Waals surface area contributed by atoms with Gasteiger partial charge >= 0.3 is 0 Å².